The van der Waals surface area contributed by atoms with Crippen molar-refractivity contribution in [2.24, 2.45) is 0 Å². The number of aromatic amines is 1. The Morgan fingerprint density at radius 2 is 2.00 bits per heavy atom. The van der Waals surface area contributed by atoms with Gasteiger partial charge >= 0.3 is 0 Å². The minimum Gasteiger partial charge on any atom is -0.359 e. The van der Waals surface area contributed by atoms with Crippen molar-refractivity contribution in [2.45, 2.75) is 13.8 Å². The molecule has 0 unspecified atom stereocenters. The molecule has 1 N–H and O–H groups in total. The van der Waals surface area contributed by atoms with Crippen LogP contribution in [-0.2, 0) is 0 Å². The molecule has 1 aromatic carbocycles. The first kappa shape index (κ1) is 7.87. The van der Waals surface area contributed by atoms with E-state index in [1.54, 1.807) is 0 Å². The van der Waals surface area contributed by atoms with Crippen LogP contribution in [0, 0.1) is 13.8 Å². The van der Waals surface area contributed by atoms with Gasteiger partial charge in [-0.05, 0) is 37.6 Å². The van der Waals surface area contributed by atoms with Crippen LogP contribution in [0.2, 0.25) is 0 Å². The van der Waals surface area contributed by atoms with E-state index in [0.717, 1.165) is 0 Å². The molecular weight excluding hydrogens is 214 g/mol. The molecular formula is C10H10BrN. The normalized spacial score (nSPS) is 10.9. The van der Waals surface area contributed by atoms with E-state index in [0.29, 0.717) is 0 Å². The molecule has 0 radical (unpaired) electrons. The van der Waals surface area contributed by atoms with Gasteiger partial charge < -0.3 is 4.98 Å². The van der Waals surface area contributed by atoms with Crippen LogP contribution in [0.1, 0.15) is 11.3 Å². The van der Waals surface area contributed by atoms with E-state index >= 15 is 0 Å². The lowest BCUT2D eigenvalue weighted by atomic mass is 10.1. The molecule has 0 aliphatic rings. The Morgan fingerprint density at radius 1 is 1.25 bits per heavy atom. The van der Waals surface area contributed by atoms with Crippen LogP contribution in [0.25, 0.3) is 10.9 Å². The second-order valence-electron chi connectivity index (χ2n) is 3.09. The first-order valence-corrected chi connectivity index (χ1v) is 4.72. The minimum atomic E-state index is 1.18. The summed E-state index contributed by atoms with van der Waals surface area (Å²) in [5.41, 5.74) is 3.73. The zero-order valence-electron chi connectivity index (χ0n) is 7.11. The van der Waals surface area contributed by atoms with Crippen LogP contribution < -0.4 is 0 Å². The van der Waals surface area contributed by atoms with Crippen LogP contribution in [0.3, 0.4) is 0 Å². The summed E-state index contributed by atoms with van der Waals surface area (Å²) in [7, 11) is 0. The summed E-state index contributed by atoms with van der Waals surface area (Å²) in [6, 6.07) is 6.35. The van der Waals surface area contributed by atoms with Crippen molar-refractivity contribution in [1.29, 1.82) is 0 Å². The molecule has 0 saturated carbocycles. The lowest BCUT2D eigenvalue weighted by Crippen LogP contribution is -1.75. The summed E-state index contributed by atoms with van der Waals surface area (Å²) in [5, 5.41) is 1.31. The van der Waals surface area contributed by atoms with Gasteiger partial charge in [0.25, 0.3) is 0 Å². The molecule has 0 amide bonds. The number of fused-ring (bicyclic) bond motifs is 1. The molecule has 0 saturated heterocycles. The summed E-state index contributed by atoms with van der Waals surface area (Å²) < 4.78 is 1.18. The van der Waals surface area contributed by atoms with Crippen molar-refractivity contribution in [3.05, 3.63) is 33.9 Å². The fourth-order valence-electron chi connectivity index (χ4n) is 1.46. The summed E-state index contributed by atoms with van der Waals surface area (Å²) in [4.78, 5) is 3.31. The highest BCUT2D eigenvalue weighted by atomic mass is 79.9. The monoisotopic (exact) mass is 223 g/mol. The van der Waals surface area contributed by atoms with Gasteiger partial charge in [-0.1, -0.05) is 15.9 Å². The third-order valence-corrected chi connectivity index (χ3v) is 3.00. The van der Waals surface area contributed by atoms with Crippen molar-refractivity contribution in [1.82, 2.24) is 4.98 Å². The molecule has 1 aromatic heterocycles. The Labute approximate surface area is 79.9 Å². The summed E-state index contributed by atoms with van der Waals surface area (Å²) >= 11 is 3.51. The first-order valence-electron chi connectivity index (χ1n) is 3.93. The Bertz CT molecular complexity index is 429. The van der Waals surface area contributed by atoms with Crippen molar-refractivity contribution < 1.29 is 0 Å². The van der Waals surface area contributed by atoms with E-state index in [1.165, 1.54) is 26.6 Å². The van der Waals surface area contributed by atoms with Crippen LogP contribution >= 0.6 is 15.9 Å². The highest BCUT2D eigenvalue weighted by Crippen LogP contribution is 2.25. The van der Waals surface area contributed by atoms with Gasteiger partial charge in [-0.2, -0.15) is 0 Å². The summed E-state index contributed by atoms with van der Waals surface area (Å²) in [6.07, 6.45) is 0. The third kappa shape index (κ3) is 1.07. The maximum absolute atomic E-state index is 3.51. The number of nitrogens with one attached hydrogen (secondary N) is 1. The van der Waals surface area contributed by atoms with Gasteiger partial charge in [0.1, 0.15) is 0 Å². The van der Waals surface area contributed by atoms with Gasteiger partial charge in [0, 0.05) is 21.1 Å². The predicted molar refractivity (Wildman–Crippen MR) is 55.5 cm³/mol. The minimum absolute atomic E-state index is 1.18. The van der Waals surface area contributed by atoms with E-state index in [1.807, 2.05) is 0 Å². The second-order valence-corrected chi connectivity index (χ2v) is 3.94. The highest BCUT2D eigenvalue weighted by molar-refractivity contribution is 9.10. The highest BCUT2D eigenvalue weighted by Gasteiger charge is 2.02. The topological polar surface area (TPSA) is 15.8 Å². The molecule has 1 nitrogen and oxygen atoms in total. The smallest absolute Gasteiger partial charge is 0.0459 e. The van der Waals surface area contributed by atoms with Crippen LogP contribution in [-0.4, -0.2) is 4.98 Å². The second kappa shape index (κ2) is 2.63. The van der Waals surface area contributed by atoms with Crippen LogP contribution in [0.5, 0.6) is 0 Å². The number of hydrogen-bond acceptors (Lipinski definition) is 0. The van der Waals surface area contributed by atoms with Crippen molar-refractivity contribution >= 4 is 26.8 Å². The average molecular weight is 224 g/mol. The number of benzene rings is 1. The maximum Gasteiger partial charge on any atom is 0.0459 e. The molecule has 62 valence electrons. The van der Waals surface area contributed by atoms with Crippen molar-refractivity contribution in [2.75, 3.05) is 0 Å². The number of rotatable bonds is 0. The van der Waals surface area contributed by atoms with Gasteiger partial charge in [0.15, 0.2) is 0 Å². The fourth-order valence-corrected chi connectivity index (χ4v) is 1.81. The standard InChI is InChI=1S/C10H10BrN/c1-6-5-8-7(2)9(11)3-4-10(8)12-6/h3-5,12H,1-2H3. The lowest BCUT2D eigenvalue weighted by Gasteiger charge is -1.97. The van der Waals surface area contributed by atoms with Gasteiger partial charge in [-0.15, -0.1) is 0 Å². The maximum atomic E-state index is 3.51. The van der Waals surface area contributed by atoms with E-state index in [4.69, 9.17) is 0 Å². The molecule has 0 spiro atoms. The quantitative estimate of drug-likeness (QED) is 0.704. The summed E-state index contributed by atoms with van der Waals surface area (Å²) in [6.45, 7) is 4.20. The zero-order valence-corrected chi connectivity index (χ0v) is 8.70. The molecule has 0 bridgehead atoms. The van der Waals surface area contributed by atoms with E-state index in [9.17, 15) is 0 Å². The molecule has 2 rings (SSSR count). The first-order chi connectivity index (χ1) is 5.68. The predicted octanol–water partition coefficient (Wildman–Crippen LogP) is 3.55. The average Bonchev–Trinajstić information content (AvgIpc) is 2.39. The number of H-pyrrole nitrogens is 1. The molecule has 0 aliphatic heterocycles. The van der Waals surface area contributed by atoms with Gasteiger partial charge in [-0.25, -0.2) is 0 Å². The van der Waals surface area contributed by atoms with E-state index in [2.05, 4.69) is 53.0 Å². The van der Waals surface area contributed by atoms with E-state index < -0.39 is 0 Å². The molecule has 0 atom stereocenters. The molecule has 12 heavy (non-hydrogen) atoms. The number of hydrogen-bond donors (Lipinski definition) is 1. The summed E-state index contributed by atoms with van der Waals surface area (Å²) in [5.74, 6) is 0. The Morgan fingerprint density at radius 3 is 2.75 bits per heavy atom. The van der Waals surface area contributed by atoms with Crippen LogP contribution in [0.15, 0.2) is 22.7 Å². The number of aromatic nitrogens is 1. The number of halogens is 1. The molecule has 0 aliphatic carbocycles. The largest absolute Gasteiger partial charge is 0.359 e. The molecule has 0 fully saturated rings. The number of aryl methyl sites for hydroxylation is 2. The zero-order chi connectivity index (χ0) is 8.72. The van der Waals surface area contributed by atoms with Crippen LogP contribution in [0.4, 0.5) is 0 Å². The van der Waals surface area contributed by atoms with Crippen molar-refractivity contribution in [3.63, 3.8) is 0 Å². The Kier molecular flexibility index (Phi) is 1.72. The fraction of sp³-hybridized carbons (Fsp3) is 0.200. The third-order valence-electron chi connectivity index (χ3n) is 2.14. The lowest BCUT2D eigenvalue weighted by molar-refractivity contribution is 1.30. The van der Waals surface area contributed by atoms with E-state index in [-0.39, 0.29) is 0 Å². The molecule has 2 aromatic rings. The Hall–Kier alpha value is -0.760. The van der Waals surface area contributed by atoms with Gasteiger partial charge in [0.05, 0.1) is 0 Å². The van der Waals surface area contributed by atoms with Gasteiger partial charge in [0.2, 0.25) is 0 Å². The SMILES string of the molecule is Cc1cc2c(C)c(Br)ccc2[nH]1. The van der Waals surface area contributed by atoms with Crippen molar-refractivity contribution in [3.8, 4) is 0 Å². The molecule has 1 heterocycles. The van der Waals surface area contributed by atoms with Gasteiger partial charge in [-0.3, -0.25) is 0 Å². The Balaban J connectivity index is 2.89. The molecule has 2 heteroatoms.